The van der Waals surface area contributed by atoms with Gasteiger partial charge in [0.15, 0.2) is 5.70 Å². The van der Waals surface area contributed by atoms with Crippen LogP contribution in [0.3, 0.4) is 0 Å². The van der Waals surface area contributed by atoms with Crippen LogP contribution in [0.15, 0.2) is 65.3 Å². The van der Waals surface area contributed by atoms with Crippen molar-refractivity contribution in [1.82, 2.24) is 5.43 Å². The molecule has 0 saturated heterocycles. The third-order valence-corrected chi connectivity index (χ3v) is 3.62. The summed E-state index contributed by atoms with van der Waals surface area (Å²) in [6.45, 7) is 0. The highest BCUT2D eigenvalue weighted by Crippen LogP contribution is 2.31. The van der Waals surface area contributed by atoms with Gasteiger partial charge in [-0.15, -0.1) is 0 Å². The van der Waals surface area contributed by atoms with Gasteiger partial charge in [0.25, 0.3) is 5.91 Å². The second-order valence-corrected chi connectivity index (χ2v) is 5.71. The first-order valence-corrected chi connectivity index (χ1v) is 7.89. The van der Waals surface area contributed by atoms with E-state index >= 15 is 0 Å². The van der Waals surface area contributed by atoms with Crippen molar-refractivity contribution in [3.05, 3.63) is 70.9 Å². The minimum Gasteiger partial charge on any atom is -0.321 e. The van der Waals surface area contributed by atoms with Crippen molar-refractivity contribution in [3.8, 4) is 0 Å². The number of carbonyl (C=O) groups excluding carboxylic acids is 1. The Labute approximate surface area is 160 Å². The lowest BCUT2D eigenvalue weighted by molar-refractivity contribution is -0.137. The molecule has 3 N–H and O–H groups in total. The number of amides is 1. The Kier molecular flexibility index (Phi) is 6.45. The van der Waals surface area contributed by atoms with Crippen LogP contribution in [-0.4, -0.2) is 12.1 Å². The van der Waals surface area contributed by atoms with Crippen molar-refractivity contribution in [2.75, 3.05) is 10.7 Å². The lowest BCUT2D eigenvalue weighted by atomic mass is 10.2. The second kappa shape index (κ2) is 8.42. The van der Waals surface area contributed by atoms with E-state index in [0.29, 0.717) is 6.07 Å². The number of allylic oxidation sites excluding steroid dienone is 1. The Bertz CT molecular complexity index is 865. The minimum atomic E-state index is -5.08. The number of nitrogens with one attached hydrogen (secondary N) is 3. The minimum absolute atomic E-state index is 0.206. The molecule has 0 saturated carbocycles. The van der Waals surface area contributed by atoms with Crippen molar-refractivity contribution in [2.45, 2.75) is 12.4 Å². The zero-order chi connectivity index (χ0) is 20.9. The van der Waals surface area contributed by atoms with E-state index in [1.807, 2.05) is 5.43 Å². The van der Waals surface area contributed by atoms with Gasteiger partial charge in [-0.1, -0.05) is 35.9 Å². The maximum atomic E-state index is 13.2. The molecule has 0 aliphatic carbocycles. The molecule has 0 unspecified atom stereocenters. The van der Waals surface area contributed by atoms with Crippen molar-refractivity contribution in [3.63, 3.8) is 0 Å². The highest BCUT2D eigenvalue weighted by molar-refractivity contribution is 6.44. The number of anilines is 2. The predicted octanol–water partition coefficient (Wildman–Crippen LogP) is 5.27. The first-order chi connectivity index (χ1) is 13.0. The molecule has 0 aliphatic heterocycles. The number of halogens is 7. The summed E-state index contributed by atoms with van der Waals surface area (Å²) in [6.07, 6.45) is -9.76. The Hall–Kier alpha value is -2.88. The van der Waals surface area contributed by atoms with Crippen LogP contribution in [0, 0.1) is 0 Å². The molecule has 4 nitrogen and oxygen atoms in total. The van der Waals surface area contributed by atoms with Gasteiger partial charge in [0.05, 0.1) is 11.3 Å². The summed E-state index contributed by atoms with van der Waals surface area (Å²) in [5.41, 5.74) is 0.796. The lowest BCUT2D eigenvalue weighted by Crippen LogP contribution is -2.33. The summed E-state index contributed by atoms with van der Waals surface area (Å²) in [4.78, 5) is 12.0. The first kappa shape index (κ1) is 21.4. The average Bonchev–Trinajstić information content (AvgIpc) is 2.61. The molecular formula is C17H12ClF6N3O. The number of hydrogen-bond acceptors (Lipinski definition) is 3. The van der Waals surface area contributed by atoms with Crippen LogP contribution >= 0.6 is 11.6 Å². The molecule has 0 heterocycles. The van der Waals surface area contributed by atoms with Gasteiger partial charge in [0.2, 0.25) is 0 Å². The highest BCUT2D eigenvalue weighted by atomic mass is 35.5. The first-order valence-electron chi connectivity index (χ1n) is 7.51. The molecule has 1 amide bonds. The Morgan fingerprint density at radius 3 is 2.04 bits per heavy atom. The molecular weight excluding hydrogens is 412 g/mol. The van der Waals surface area contributed by atoms with Crippen molar-refractivity contribution in [1.29, 1.82) is 0 Å². The molecule has 0 fully saturated rings. The number of hydrogen-bond donors (Lipinski definition) is 3. The molecule has 0 spiro atoms. The van der Waals surface area contributed by atoms with E-state index in [1.165, 1.54) is 12.1 Å². The van der Waals surface area contributed by atoms with Crippen molar-refractivity contribution in [2.24, 2.45) is 0 Å². The van der Waals surface area contributed by atoms with Crippen molar-refractivity contribution >= 4 is 28.9 Å². The summed E-state index contributed by atoms with van der Waals surface area (Å²) >= 11 is 5.57. The molecule has 150 valence electrons. The standard InChI is InChI=1S/C17H12ClF6N3O/c18-13(15(28)25-11-6-2-1-3-7-11)14(17(22,23)24)27-26-12-8-4-5-10(9-12)16(19,20)21/h1-9,26-27H,(H,25,28)/b14-13+. The number of hydrazine groups is 1. The SMILES string of the molecule is O=C(Nc1ccccc1)/C(Cl)=C(\NNc1cccc(C(F)(F)F)c1)C(F)(F)F. The van der Waals surface area contributed by atoms with Gasteiger partial charge in [-0.3, -0.25) is 10.2 Å². The molecule has 28 heavy (non-hydrogen) atoms. The molecule has 0 aliphatic rings. The Balaban J connectivity index is 2.22. The van der Waals surface area contributed by atoms with Gasteiger partial charge in [0.1, 0.15) is 5.03 Å². The number of benzene rings is 2. The number of rotatable bonds is 5. The monoisotopic (exact) mass is 423 g/mol. The number of para-hydroxylation sites is 1. The van der Waals surface area contributed by atoms with Crippen LogP contribution in [0.1, 0.15) is 5.56 Å². The smallest absolute Gasteiger partial charge is 0.321 e. The van der Waals surface area contributed by atoms with Crippen molar-refractivity contribution < 1.29 is 31.1 Å². The molecule has 2 aromatic rings. The van der Waals surface area contributed by atoms with E-state index in [2.05, 4.69) is 5.32 Å². The van der Waals surface area contributed by atoms with E-state index in [-0.39, 0.29) is 11.4 Å². The normalized spacial score (nSPS) is 12.8. The third-order valence-electron chi connectivity index (χ3n) is 3.26. The number of carbonyl (C=O) groups is 1. The van der Waals surface area contributed by atoms with Crippen LogP contribution in [-0.2, 0) is 11.0 Å². The fraction of sp³-hybridized carbons (Fsp3) is 0.118. The summed E-state index contributed by atoms with van der Waals surface area (Å²) in [7, 11) is 0. The van der Waals surface area contributed by atoms with Crippen LogP contribution in [0.4, 0.5) is 37.7 Å². The lowest BCUT2D eigenvalue weighted by Gasteiger charge is -2.18. The van der Waals surface area contributed by atoms with Gasteiger partial charge in [-0.2, -0.15) is 26.3 Å². The van der Waals surface area contributed by atoms with Gasteiger partial charge in [-0.05, 0) is 30.3 Å². The molecule has 0 atom stereocenters. The van der Waals surface area contributed by atoms with E-state index in [4.69, 9.17) is 11.6 Å². The van der Waals surface area contributed by atoms with Crippen LogP contribution in [0.2, 0.25) is 0 Å². The van der Waals surface area contributed by atoms with E-state index < -0.39 is 34.6 Å². The molecule has 2 aromatic carbocycles. The Morgan fingerprint density at radius 2 is 1.46 bits per heavy atom. The van der Waals surface area contributed by atoms with E-state index in [9.17, 15) is 31.1 Å². The van der Waals surface area contributed by atoms with E-state index in [0.717, 1.165) is 18.2 Å². The molecule has 0 bridgehead atoms. The topological polar surface area (TPSA) is 53.2 Å². The molecule has 0 aromatic heterocycles. The van der Waals surface area contributed by atoms with Gasteiger partial charge >= 0.3 is 12.4 Å². The summed E-state index contributed by atoms with van der Waals surface area (Å²) in [6, 6.07) is 11.1. The third kappa shape index (κ3) is 5.81. The molecule has 11 heteroatoms. The molecule has 0 radical (unpaired) electrons. The average molecular weight is 424 g/mol. The predicted molar refractivity (Wildman–Crippen MR) is 92.2 cm³/mol. The van der Waals surface area contributed by atoms with E-state index in [1.54, 1.807) is 23.6 Å². The second-order valence-electron chi connectivity index (χ2n) is 5.34. The number of alkyl halides is 6. The fourth-order valence-corrected chi connectivity index (χ4v) is 2.18. The highest BCUT2D eigenvalue weighted by Gasteiger charge is 2.38. The van der Waals surface area contributed by atoms with Crippen LogP contribution in [0.25, 0.3) is 0 Å². The van der Waals surface area contributed by atoms with Gasteiger partial charge in [-0.25, -0.2) is 0 Å². The maximum Gasteiger partial charge on any atom is 0.434 e. The van der Waals surface area contributed by atoms with Crippen LogP contribution in [0.5, 0.6) is 0 Å². The quantitative estimate of drug-likeness (QED) is 0.349. The molecule has 2 rings (SSSR count). The largest absolute Gasteiger partial charge is 0.434 e. The Morgan fingerprint density at radius 1 is 0.857 bits per heavy atom. The van der Waals surface area contributed by atoms with Gasteiger partial charge < -0.3 is 10.7 Å². The fourth-order valence-electron chi connectivity index (χ4n) is 1.98. The summed E-state index contributed by atoms with van der Waals surface area (Å²) in [5, 5.41) is 0.950. The summed E-state index contributed by atoms with van der Waals surface area (Å²) < 4.78 is 77.8. The summed E-state index contributed by atoms with van der Waals surface area (Å²) in [5.74, 6) is -1.25. The zero-order valence-corrected chi connectivity index (χ0v) is 14.5. The zero-order valence-electron chi connectivity index (χ0n) is 13.8. The van der Waals surface area contributed by atoms with Gasteiger partial charge in [0, 0.05) is 5.69 Å². The van der Waals surface area contributed by atoms with Crippen LogP contribution < -0.4 is 16.2 Å². The maximum absolute atomic E-state index is 13.2.